The minimum atomic E-state index is -5.12. The quantitative estimate of drug-likeness (QED) is 0.278. The van der Waals surface area contributed by atoms with E-state index in [-0.39, 0.29) is 33.6 Å². The number of nitrogens with zero attached hydrogens (tertiary/aromatic N) is 5. The Morgan fingerprint density at radius 1 is 1.10 bits per heavy atom. The SMILES string of the molecule is O=C(Nc1ccc(Oc2ccnc3[nH]c(=O)n(C4CCOC4)c23)c(F)c1)c1cnn(-c2ncccc2F)c1C(F)(F)F. The van der Waals surface area contributed by atoms with Crippen LogP contribution in [-0.2, 0) is 10.9 Å². The molecule has 16 heteroatoms. The van der Waals surface area contributed by atoms with Gasteiger partial charge in [-0.05, 0) is 30.7 Å². The minimum Gasteiger partial charge on any atom is -0.452 e. The number of anilines is 1. The highest BCUT2D eigenvalue weighted by molar-refractivity contribution is 6.05. The van der Waals surface area contributed by atoms with Gasteiger partial charge in [-0.15, -0.1) is 0 Å². The summed E-state index contributed by atoms with van der Waals surface area (Å²) in [5, 5.41) is 5.70. The third-order valence-corrected chi connectivity index (χ3v) is 6.47. The van der Waals surface area contributed by atoms with Gasteiger partial charge in [-0.3, -0.25) is 14.3 Å². The molecule has 2 N–H and O–H groups in total. The molecule has 6 rings (SSSR count). The number of hydrogen-bond acceptors (Lipinski definition) is 7. The lowest BCUT2D eigenvalue weighted by atomic mass is 10.2. The van der Waals surface area contributed by atoms with E-state index >= 15 is 4.39 Å². The number of aromatic amines is 1. The minimum absolute atomic E-state index is 0.116. The second-order valence-electron chi connectivity index (χ2n) is 9.15. The van der Waals surface area contributed by atoms with Gasteiger partial charge in [-0.2, -0.15) is 18.3 Å². The molecule has 1 saturated heterocycles. The Hall–Kier alpha value is -5.12. The van der Waals surface area contributed by atoms with Crippen molar-refractivity contribution >= 4 is 22.8 Å². The van der Waals surface area contributed by atoms with Gasteiger partial charge in [0.1, 0.15) is 5.52 Å². The number of fused-ring (bicyclic) bond motifs is 1. The first-order chi connectivity index (χ1) is 20.1. The molecule has 42 heavy (non-hydrogen) atoms. The summed E-state index contributed by atoms with van der Waals surface area (Å²) in [7, 11) is 0. The van der Waals surface area contributed by atoms with Crippen LogP contribution in [0.25, 0.3) is 17.0 Å². The zero-order valence-corrected chi connectivity index (χ0v) is 21.2. The van der Waals surface area contributed by atoms with E-state index in [2.05, 4.69) is 25.4 Å². The van der Waals surface area contributed by atoms with Gasteiger partial charge in [0.25, 0.3) is 5.91 Å². The van der Waals surface area contributed by atoms with Crippen molar-refractivity contribution < 1.29 is 36.2 Å². The monoisotopic (exact) mass is 587 g/mol. The zero-order chi connectivity index (χ0) is 29.6. The lowest BCUT2D eigenvalue weighted by Crippen LogP contribution is -2.22. The number of amides is 1. The van der Waals surface area contributed by atoms with Crippen LogP contribution in [0.4, 0.5) is 27.6 Å². The molecule has 0 bridgehead atoms. The molecule has 5 heterocycles. The van der Waals surface area contributed by atoms with E-state index in [1.54, 1.807) is 0 Å². The summed E-state index contributed by atoms with van der Waals surface area (Å²) in [6.07, 6.45) is -1.49. The van der Waals surface area contributed by atoms with Gasteiger partial charge in [0.2, 0.25) is 0 Å². The molecule has 1 aliphatic rings. The number of H-pyrrole nitrogens is 1. The molecule has 216 valence electrons. The van der Waals surface area contributed by atoms with E-state index in [0.29, 0.717) is 31.3 Å². The Bertz CT molecular complexity index is 1880. The summed E-state index contributed by atoms with van der Waals surface area (Å²) in [5.74, 6) is -4.26. The van der Waals surface area contributed by atoms with Crippen molar-refractivity contribution in [2.75, 3.05) is 18.5 Å². The maximum atomic E-state index is 15.1. The van der Waals surface area contributed by atoms with Crippen LogP contribution in [0.3, 0.4) is 0 Å². The molecular weight excluding hydrogens is 569 g/mol. The maximum Gasteiger partial charge on any atom is 0.434 e. The van der Waals surface area contributed by atoms with Crippen LogP contribution in [0.15, 0.2) is 59.8 Å². The van der Waals surface area contributed by atoms with Gasteiger partial charge in [-0.25, -0.2) is 28.2 Å². The number of hydrogen-bond donors (Lipinski definition) is 2. The summed E-state index contributed by atoms with van der Waals surface area (Å²) >= 11 is 0. The van der Waals surface area contributed by atoms with Crippen molar-refractivity contribution in [1.82, 2.24) is 29.3 Å². The highest BCUT2D eigenvalue weighted by Gasteiger charge is 2.41. The number of ether oxygens (including phenoxy) is 2. The zero-order valence-electron chi connectivity index (χ0n) is 21.2. The number of halogens is 5. The molecule has 1 atom stereocenters. The Balaban J connectivity index is 1.28. The van der Waals surface area contributed by atoms with Crippen molar-refractivity contribution in [3.63, 3.8) is 0 Å². The molecule has 1 fully saturated rings. The molecular formula is C26H18F5N7O4. The van der Waals surface area contributed by atoms with Crippen LogP contribution in [0.1, 0.15) is 28.5 Å². The van der Waals surface area contributed by atoms with Gasteiger partial charge in [0.05, 0.1) is 24.4 Å². The molecule has 11 nitrogen and oxygen atoms in total. The number of alkyl halides is 3. The summed E-state index contributed by atoms with van der Waals surface area (Å²) in [6.45, 7) is 0.767. The Labute approximate surface area is 231 Å². The third-order valence-electron chi connectivity index (χ3n) is 6.47. The maximum absolute atomic E-state index is 15.1. The van der Waals surface area contributed by atoms with E-state index in [0.717, 1.165) is 24.4 Å². The van der Waals surface area contributed by atoms with Crippen LogP contribution >= 0.6 is 0 Å². The molecule has 0 radical (unpaired) electrons. The van der Waals surface area contributed by atoms with Crippen LogP contribution in [0.5, 0.6) is 11.5 Å². The molecule has 1 aromatic carbocycles. The van der Waals surface area contributed by atoms with Crippen LogP contribution in [-0.4, -0.2) is 48.4 Å². The van der Waals surface area contributed by atoms with Crippen LogP contribution < -0.4 is 15.7 Å². The molecule has 0 saturated carbocycles. The van der Waals surface area contributed by atoms with Gasteiger partial charge >= 0.3 is 11.9 Å². The Kier molecular flexibility index (Phi) is 6.68. The molecule has 4 aromatic heterocycles. The largest absolute Gasteiger partial charge is 0.452 e. The van der Waals surface area contributed by atoms with E-state index in [9.17, 15) is 27.2 Å². The number of carbonyl (C=O) groups is 1. The van der Waals surface area contributed by atoms with Crippen molar-refractivity contribution in [3.8, 4) is 17.3 Å². The molecule has 1 amide bonds. The molecule has 1 aliphatic heterocycles. The van der Waals surface area contributed by atoms with Crippen LogP contribution in [0, 0.1) is 11.6 Å². The number of imidazole rings is 1. The van der Waals surface area contributed by atoms with E-state index in [4.69, 9.17) is 9.47 Å². The van der Waals surface area contributed by atoms with Gasteiger partial charge < -0.3 is 14.8 Å². The Morgan fingerprint density at radius 3 is 2.64 bits per heavy atom. The normalized spacial score (nSPS) is 15.3. The summed E-state index contributed by atoms with van der Waals surface area (Å²) in [6, 6.07) is 6.45. The predicted molar refractivity (Wildman–Crippen MR) is 136 cm³/mol. The summed E-state index contributed by atoms with van der Waals surface area (Å²) < 4.78 is 83.8. The molecule has 1 unspecified atom stereocenters. The van der Waals surface area contributed by atoms with Gasteiger partial charge in [0, 0.05) is 36.8 Å². The number of nitrogens with one attached hydrogen (secondary N) is 2. The molecule has 5 aromatic rings. The lowest BCUT2D eigenvalue weighted by molar-refractivity contribution is -0.143. The fourth-order valence-corrected chi connectivity index (χ4v) is 4.64. The average Bonchev–Trinajstić information content (AvgIpc) is 3.69. The fraction of sp³-hybridized carbons (Fsp3) is 0.192. The number of pyridine rings is 2. The lowest BCUT2D eigenvalue weighted by Gasteiger charge is -2.14. The number of aromatic nitrogens is 6. The smallest absolute Gasteiger partial charge is 0.434 e. The highest BCUT2D eigenvalue weighted by Crippen LogP contribution is 2.35. The Morgan fingerprint density at radius 2 is 1.93 bits per heavy atom. The van der Waals surface area contributed by atoms with Crippen LogP contribution in [0.2, 0.25) is 0 Å². The van der Waals surface area contributed by atoms with E-state index in [1.165, 1.54) is 29.0 Å². The van der Waals surface area contributed by atoms with Crippen molar-refractivity contribution in [2.24, 2.45) is 0 Å². The van der Waals surface area contributed by atoms with Gasteiger partial charge in [-0.1, -0.05) is 0 Å². The third kappa shape index (κ3) is 4.85. The summed E-state index contributed by atoms with van der Waals surface area (Å²) in [4.78, 5) is 35.8. The molecule has 0 aliphatic carbocycles. The van der Waals surface area contributed by atoms with Gasteiger partial charge in [0.15, 0.2) is 40.3 Å². The second kappa shape index (κ2) is 10.4. The predicted octanol–water partition coefficient (Wildman–Crippen LogP) is 4.61. The number of rotatable bonds is 6. The topological polar surface area (TPSA) is 129 Å². The first-order valence-corrected chi connectivity index (χ1v) is 12.3. The number of carbonyl (C=O) groups excluding carboxylic acids is 1. The van der Waals surface area contributed by atoms with Crippen molar-refractivity contribution in [1.29, 1.82) is 0 Å². The molecule has 0 spiro atoms. The summed E-state index contributed by atoms with van der Waals surface area (Å²) in [5.41, 5.74) is -2.61. The average molecular weight is 587 g/mol. The fourth-order valence-electron chi connectivity index (χ4n) is 4.64. The standard InChI is InChI=1S/C26H18F5N7O4/c27-16-2-1-7-33-23(16)38-21(26(29,30)31)15(11-34-38)24(39)35-13-3-4-18(17(28)10-13)42-19-5-8-32-22-20(19)37(25(40)36-22)14-6-9-41-12-14/h1-5,7-8,10-11,14H,6,9,12H2,(H,35,39)(H,32,36,40). The highest BCUT2D eigenvalue weighted by atomic mass is 19.4. The van der Waals surface area contributed by atoms with Crippen molar-refractivity contribution in [2.45, 2.75) is 18.6 Å². The second-order valence-corrected chi connectivity index (χ2v) is 9.15. The van der Waals surface area contributed by atoms with Crippen molar-refractivity contribution in [3.05, 3.63) is 88.4 Å². The van der Waals surface area contributed by atoms with E-state index in [1.807, 2.05) is 0 Å². The first-order valence-electron chi connectivity index (χ1n) is 12.3. The number of benzene rings is 1. The van der Waals surface area contributed by atoms with E-state index < -0.39 is 46.5 Å². The first kappa shape index (κ1) is 27.1.